The van der Waals surface area contributed by atoms with Crippen LogP contribution in [0.25, 0.3) is 0 Å². The molecule has 3 aliphatic rings. The number of hydrogen-bond acceptors (Lipinski definition) is 4. The van der Waals surface area contributed by atoms with E-state index in [1.165, 1.54) is 25.7 Å². The zero-order valence-corrected chi connectivity index (χ0v) is 14.5. The molecule has 5 unspecified atom stereocenters. The van der Waals surface area contributed by atoms with Crippen molar-refractivity contribution in [2.45, 2.75) is 70.2 Å². The van der Waals surface area contributed by atoms with Gasteiger partial charge in [-0.2, -0.15) is 0 Å². The molecule has 22 heavy (non-hydrogen) atoms. The summed E-state index contributed by atoms with van der Waals surface area (Å²) < 4.78 is 11.8. The molecule has 3 fully saturated rings. The zero-order chi connectivity index (χ0) is 15.9. The van der Waals surface area contributed by atoms with Gasteiger partial charge in [0.1, 0.15) is 12.2 Å². The molecule has 0 bridgehead atoms. The van der Waals surface area contributed by atoms with Crippen LogP contribution >= 0.6 is 0 Å². The summed E-state index contributed by atoms with van der Waals surface area (Å²) in [6.07, 6.45) is 7.32. The Labute approximate surface area is 134 Å². The van der Waals surface area contributed by atoms with Crippen molar-refractivity contribution in [3.63, 3.8) is 0 Å². The van der Waals surface area contributed by atoms with E-state index in [1.807, 2.05) is 14.1 Å². The number of rotatable bonds is 3. The number of hydrogen-bond donors (Lipinski definition) is 0. The van der Waals surface area contributed by atoms with Crippen LogP contribution in [-0.4, -0.2) is 49.3 Å². The topological polar surface area (TPSA) is 42.1 Å². The minimum Gasteiger partial charge on any atom is -0.459 e. The van der Waals surface area contributed by atoms with E-state index >= 15 is 0 Å². The third kappa shape index (κ3) is 3.05. The van der Waals surface area contributed by atoms with Crippen LogP contribution in [-0.2, 0) is 14.3 Å². The number of carbonyl (C=O) groups excluding carboxylic acids is 1. The Morgan fingerprint density at radius 2 is 2.05 bits per heavy atom. The summed E-state index contributed by atoms with van der Waals surface area (Å²) in [6, 6.07) is 0. The van der Waals surface area contributed by atoms with Crippen LogP contribution in [0.15, 0.2) is 0 Å². The lowest BCUT2D eigenvalue weighted by atomic mass is 9.78. The van der Waals surface area contributed by atoms with Gasteiger partial charge in [-0.3, -0.25) is 4.79 Å². The minimum atomic E-state index is -0.0498. The molecule has 4 heteroatoms. The molecule has 0 aromatic rings. The standard InChI is InChI=1S/C18H31NO3/c1-5-12-7-6-10-18(2)16(22-18)15-13(9-8-12)14(11-19(3)4)17(20)21-15/h12-16H,5-11H2,1-4H3/t12?,13?,14?,15?,16?,18-/m1/s1. The van der Waals surface area contributed by atoms with E-state index in [4.69, 9.17) is 9.47 Å². The molecule has 0 amide bonds. The highest BCUT2D eigenvalue weighted by molar-refractivity contribution is 5.75. The Hall–Kier alpha value is -0.610. The molecule has 2 saturated heterocycles. The van der Waals surface area contributed by atoms with Crippen molar-refractivity contribution in [2.24, 2.45) is 17.8 Å². The minimum absolute atomic E-state index is 0.00570. The van der Waals surface area contributed by atoms with Crippen LogP contribution in [0.3, 0.4) is 0 Å². The molecule has 3 rings (SSSR count). The van der Waals surface area contributed by atoms with Crippen molar-refractivity contribution in [3.05, 3.63) is 0 Å². The molecule has 4 nitrogen and oxygen atoms in total. The van der Waals surface area contributed by atoms with E-state index in [1.54, 1.807) is 0 Å². The van der Waals surface area contributed by atoms with Crippen molar-refractivity contribution < 1.29 is 14.3 Å². The fraction of sp³-hybridized carbons (Fsp3) is 0.944. The number of nitrogens with zero attached hydrogens (tertiary/aromatic N) is 1. The molecule has 0 spiro atoms. The Kier molecular flexibility index (Phi) is 4.52. The van der Waals surface area contributed by atoms with Crippen molar-refractivity contribution in [1.29, 1.82) is 0 Å². The molecule has 0 aromatic carbocycles. The Morgan fingerprint density at radius 1 is 1.27 bits per heavy atom. The maximum absolute atomic E-state index is 12.4. The fourth-order valence-electron chi connectivity index (χ4n) is 4.56. The van der Waals surface area contributed by atoms with Crippen molar-refractivity contribution in [2.75, 3.05) is 20.6 Å². The first-order valence-corrected chi connectivity index (χ1v) is 8.97. The second kappa shape index (κ2) is 6.12. The van der Waals surface area contributed by atoms with Gasteiger partial charge in [-0.05, 0) is 39.8 Å². The first-order chi connectivity index (χ1) is 10.4. The van der Waals surface area contributed by atoms with Crippen LogP contribution in [0.4, 0.5) is 0 Å². The van der Waals surface area contributed by atoms with E-state index in [2.05, 4.69) is 18.7 Å². The Bertz CT molecular complexity index is 425. The van der Waals surface area contributed by atoms with Gasteiger partial charge in [0.2, 0.25) is 0 Å². The highest BCUT2D eigenvalue weighted by atomic mass is 16.6. The van der Waals surface area contributed by atoms with E-state index in [0.29, 0.717) is 5.92 Å². The van der Waals surface area contributed by atoms with E-state index in [-0.39, 0.29) is 29.7 Å². The normalized spacial score (nSPS) is 45.1. The molecular formula is C18H31NO3. The van der Waals surface area contributed by atoms with Crippen molar-refractivity contribution >= 4 is 5.97 Å². The van der Waals surface area contributed by atoms with E-state index in [0.717, 1.165) is 25.3 Å². The summed E-state index contributed by atoms with van der Waals surface area (Å²) in [5.41, 5.74) is -0.0498. The summed E-state index contributed by atoms with van der Waals surface area (Å²) in [5.74, 6) is 1.13. The molecule has 6 atom stereocenters. The smallest absolute Gasteiger partial charge is 0.311 e. The van der Waals surface area contributed by atoms with E-state index in [9.17, 15) is 4.79 Å². The van der Waals surface area contributed by atoms with Crippen molar-refractivity contribution in [3.8, 4) is 0 Å². The third-order valence-corrected chi connectivity index (χ3v) is 6.07. The van der Waals surface area contributed by atoms with Crippen LogP contribution in [0, 0.1) is 17.8 Å². The third-order valence-electron chi connectivity index (χ3n) is 6.07. The summed E-state index contributed by atoms with van der Waals surface area (Å²) in [6.45, 7) is 5.28. The maximum atomic E-state index is 12.4. The van der Waals surface area contributed by atoms with Gasteiger partial charge in [-0.15, -0.1) is 0 Å². The van der Waals surface area contributed by atoms with Crippen LogP contribution in [0.2, 0.25) is 0 Å². The summed E-state index contributed by atoms with van der Waals surface area (Å²) in [7, 11) is 4.07. The average molecular weight is 309 g/mol. The Balaban J connectivity index is 1.79. The molecule has 1 aliphatic carbocycles. The van der Waals surface area contributed by atoms with Crippen LogP contribution in [0.1, 0.15) is 52.4 Å². The van der Waals surface area contributed by atoms with Crippen LogP contribution < -0.4 is 0 Å². The molecule has 0 radical (unpaired) electrons. The second-order valence-corrected chi connectivity index (χ2v) is 8.03. The van der Waals surface area contributed by atoms with Gasteiger partial charge in [0.15, 0.2) is 0 Å². The molecule has 126 valence electrons. The highest BCUT2D eigenvalue weighted by Crippen LogP contribution is 2.50. The van der Waals surface area contributed by atoms with Gasteiger partial charge in [-0.25, -0.2) is 0 Å². The lowest BCUT2D eigenvalue weighted by molar-refractivity contribution is -0.145. The summed E-state index contributed by atoms with van der Waals surface area (Å²) in [4.78, 5) is 14.5. The predicted molar refractivity (Wildman–Crippen MR) is 85.6 cm³/mol. The molecule has 2 heterocycles. The molecule has 0 aromatic heterocycles. The largest absolute Gasteiger partial charge is 0.459 e. The average Bonchev–Trinajstić information content (AvgIpc) is 3.04. The molecule has 2 aliphatic heterocycles. The van der Waals surface area contributed by atoms with Gasteiger partial charge in [-0.1, -0.05) is 32.6 Å². The zero-order valence-electron chi connectivity index (χ0n) is 14.5. The first kappa shape index (κ1) is 16.3. The first-order valence-electron chi connectivity index (χ1n) is 8.97. The Morgan fingerprint density at radius 3 is 2.73 bits per heavy atom. The number of esters is 1. The summed E-state index contributed by atoms with van der Waals surface area (Å²) >= 11 is 0. The summed E-state index contributed by atoms with van der Waals surface area (Å²) in [5, 5.41) is 0. The van der Waals surface area contributed by atoms with Gasteiger partial charge in [0.25, 0.3) is 0 Å². The SMILES string of the molecule is CCC1CCC[C@@]2(C)OC2C2OC(=O)C(CN(C)C)C2CC1. The quantitative estimate of drug-likeness (QED) is 0.594. The molecule has 1 saturated carbocycles. The number of carbonyl (C=O) groups is 1. The second-order valence-electron chi connectivity index (χ2n) is 8.03. The fourth-order valence-corrected chi connectivity index (χ4v) is 4.56. The van der Waals surface area contributed by atoms with Gasteiger partial charge in [0, 0.05) is 12.5 Å². The monoisotopic (exact) mass is 309 g/mol. The van der Waals surface area contributed by atoms with Gasteiger partial charge >= 0.3 is 5.97 Å². The molecule has 0 N–H and O–H groups in total. The van der Waals surface area contributed by atoms with Crippen molar-refractivity contribution in [1.82, 2.24) is 4.90 Å². The van der Waals surface area contributed by atoms with E-state index < -0.39 is 0 Å². The lowest BCUT2D eigenvalue weighted by Crippen LogP contribution is -2.34. The van der Waals surface area contributed by atoms with Gasteiger partial charge in [0.05, 0.1) is 11.5 Å². The number of epoxide rings is 1. The van der Waals surface area contributed by atoms with Gasteiger partial charge < -0.3 is 14.4 Å². The maximum Gasteiger partial charge on any atom is 0.311 e. The van der Waals surface area contributed by atoms with Crippen LogP contribution in [0.5, 0.6) is 0 Å². The number of ether oxygens (including phenoxy) is 2. The molecular weight excluding hydrogens is 278 g/mol. The number of fused-ring (bicyclic) bond motifs is 3. The highest BCUT2D eigenvalue weighted by Gasteiger charge is 2.62. The lowest BCUT2D eigenvalue weighted by Gasteiger charge is -2.26. The predicted octanol–water partition coefficient (Wildman–Crippen LogP) is 2.85.